The standard InChI is InChI=1S/C27H35N7O2/c1-18(17-36-4)30-27-28-13-26-24(11-25(34(26)31-27)21-7-9-23(35)10-8-21)22-12-29-33(16-22)15-20-6-5-19(2)32(3)14-20/h5-6,11-14,16,18,21,23,35H,2,7-10,15,17H2,1,3-4H3,(H,30,31)/t18-,21?,23?/m0/s1. The lowest BCUT2D eigenvalue weighted by Crippen LogP contribution is -2.23. The number of nitrogens with one attached hydrogen (secondary N) is 1. The maximum absolute atomic E-state index is 10.0. The molecule has 1 aliphatic carbocycles. The van der Waals surface area contributed by atoms with E-state index in [1.165, 1.54) is 0 Å². The number of allylic oxidation sites excluding steroid dienone is 3. The smallest absolute Gasteiger partial charge is 0.241 e. The van der Waals surface area contributed by atoms with Crippen LogP contribution in [0.15, 0.2) is 60.9 Å². The average molecular weight is 490 g/mol. The van der Waals surface area contributed by atoms with E-state index in [1.54, 1.807) is 7.11 Å². The van der Waals surface area contributed by atoms with Gasteiger partial charge in [-0.3, -0.25) is 4.68 Å². The predicted molar refractivity (Wildman–Crippen MR) is 141 cm³/mol. The minimum atomic E-state index is -0.203. The fourth-order valence-electron chi connectivity index (χ4n) is 5.05. The van der Waals surface area contributed by atoms with Gasteiger partial charge in [0.15, 0.2) is 0 Å². The Bertz CT molecular complexity index is 1300. The largest absolute Gasteiger partial charge is 0.393 e. The van der Waals surface area contributed by atoms with Crippen molar-refractivity contribution in [1.29, 1.82) is 0 Å². The SMILES string of the molecule is C=C1C=CC(Cn2cc(-c3cc(C4CCC(O)CC4)n4nc(N[C@@H](C)COC)ncc34)cn2)=CN1C. The molecule has 2 N–H and O–H groups in total. The number of hydrogen-bond acceptors (Lipinski definition) is 7. The average Bonchev–Trinajstić information content (AvgIpc) is 3.46. The fourth-order valence-corrected chi connectivity index (χ4v) is 5.05. The number of hydrogen-bond donors (Lipinski definition) is 2. The molecule has 0 amide bonds. The van der Waals surface area contributed by atoms with Crippen molar-refractivity contribution < 1.29 is 9.84 Å². The normalized spacial score (nSPS) is 21.2. The van der Waals surface area contributed by atoms with E-state index >= 15 is 0 Å². The van der Waals surface area contributed by atoms with E-state index in [2.05, 4.69) is 46.5 Å². The van der Waals surface area contributed by atoms with Crippen LogP contribution in [0, 0.1) is 0 Å². The van der Waals surface area contributed by atoms with E-state index in [9.17, 15) is 5.11 Å². The van der Waals surface area contributed by atoms with Crippen molar-refractivity contribution in [2.24, 2.45) is 0 Å². The zero-order chi connectivity index (χ0) is 25.2. The molecule has 36 heavy (non-hydrogen) atoms. The van der Waals surface area contributed by atoms with Crippen LogP contribution in [0.5, 0.6) is 0 Å². The summed E-state index contributed by atoms with van der Waals surface area (Å²) in [4.78, 5) is 6.62. The quantitative estimate of drug-likeness (QED) is 0.495. The lowest BCUT2D eigenvalue weighted by Gasteiger charge is -2.25. The number of nitrogens with zero attached hydrogens (tertiary/aromatic N) is 6. The molecule has 1 saturated carbocycles. The second-order valence-electron chi connectivity index (χ2n) is 9.93. The van der Waals surface area contributed by atoms with Gasteiger partial charge in [-0.25, -0.2) is 9.50 Å². The second-order valence-corrected chi connectivity index (χ2v) is 9.93. The van der Waals surface area contributed by atoms with Crippen LogP contribution in [0.4, 0.5) is 5.95 Å². The Morgan fingerprint density at radius 1 is 1.22 bits per heavy atom. The Balaban J connectivity index is 1.47. The number of fused-ring (bicyclic) bond motifs is 1. The number of likely N-dealkylation sites (N-methyl/N-ethyl adjacent to an activating group) is 1. The molecule has 4 heterocycles. The molecule has 3 aromatic rings. The maximum Gasteiger partial charge on any atom is 0.241 e. The van der Waals surface area contributed by atoms with Gasteiger partial charge in [-0.1, -0.05) is 12.7 Å². The van der Waals surface area contributed by atoms with Crippen molar-refractivity contribution in [2.45, 2.75) is 57.2 Å². The number of methoxy groups -OCH3 is 1. The van der Waals surface area contributed by atoms with Crippen molar-refractivity contribution in [1.82, 2.24) is 29.3 Å². The van der Waals surface area contributed by atoms with Gasteiger partial charge < -0.3 is 20.1 Å². The van der Waals surface area contributed by atoms with E-state index in [4.69, 9.17) is 9.84 Å². The van der Waals surface area contributed by atoms with Gasteiger partial charge in [0.1, 0.15) is 0 Å². The summed E-state index contributed by atoms with van der Waals surface area (Å²) < 4.78 is 9.23. The summed E-state index contributed by atoms with van der Waals surface area (Å²) in [6, 6.07) is 2.32. The zero-order valence-electron chi connectivity index (χ0n) is 21.3. The van der Waals surface area contributed by atoms with Crippen LogP contribution in [0.25, 0.3) is 16.6 Å². The topological polar surface area (TPSA) is 92.7 Å². The van der Waals surface area contributed by atoms with Gasteiger partial charge in [0.05, 0.1) is 37.2 Å². The van der Waals surface area contributed by atoms with Crippen molar-refractivity contribution in [2.75, 3.05) is 26.1 Å². The third kappa shape index (κ3) is 5.08. The van der Waals surface area contributed by atoms with Gasteiger partial charge in [0.2, 0.25) is 5.95 Å². The van der Waals surface area contributed by atoms with Crippen LogP contribution in [0.1, 0.15) is 44.2 Å². The van der Waals surface area contributed by atoms with Gasteiger partial charge in [-0.15, -0.1) is 5.10 Å². The van der Waals surface area contributed by atoms with Crippen LogP contribution in [0.2, 0.25) is 0 Å². The van der Waals surface area contributed by atoms with Gasteiger partial charge in [0, 0.05) is 61.0 Å². The number of aliphatic hydroxyl groups excluding tert-OH is 1. The molecule has 9 heteroatoms. The molecule has 1 atom stereocenters. The van der Waals surface area contributed by atoms with Crippen LogP contribution in [0.3, 0.4) is 0 Å². The van der Waals surface area contributed by atoms with Gasteiger partial charge >= 0.3 is 0 Å². The van der Waals surface area contributed by atoms with Gasteiger partial charge in [-0.05, 0) is 50.3 Å². The minimum Gasteiger partial charge on any atom is -0.393 e. The first kappa shape index (κ1) is 24.3. The summed E-state index contributed by atoms with van der Waals surface area (Å²) >= 11 is 0. The highest BCUT2D eigenvalue weighted by atomic mass is 16.5. The first-order valence-electron chi connectivity index (χ1n) is 12.6. The second kappa shape index (κ2) is 10.3. The molecule has 9 nitrogen and oxygen atoms in total. The van der Waals surface area contributed by atoms with Gasteiger partial charge in [0.25, 0.3) is 0 Å². The molecule has 0 saturated heterocycles. The first-order valence-corrected chi connectivity index (χ1v) is 12.6. The minimum absolute atomic E-state index is 0.0911. The van der Waals surface area contributed by atoms with E-state index in [0.717, 1.165) is 59.3 Å². The van der Waals surface area contributed by atoms with E-state index < -0.39 is 0 Å². The van der Waals surface area contributed by atoms with Crippen molar-refractivity contribution in [3.8, 4) is 11.1 Å². The number of anilines is 1. The molecule has 3 aromatic heterocycles. The Morgan fingerprint density at radius 3 is 2.78 bits per heavy atom. The van der Waals surface area contributed by atoms with Crippen LogP contribution < -0.4 is 5.32 Å². The molecule has 5 rings (SSSR count). The Labute approximate surface area is 211 Å². The first-order chi connectivity index (χ1) is 17.4. The summed E-state index contributed by atoms with van der Waals surface area (Å²) in [7, 11) is 3.69. The maximum atomic E-state index is 10.0. The summed E-state index contributed by atoms with van der Waals surface area (Å²) in [5, 5.41) is 22.9. The van der Waals surface area contributed by atoms with Crippen LogP contribution >= 0.6 is 0 Å². The Hall–Kier alpha value is -3.43. The van der Waals surface area contributed by atoms with E-state index in [-0.39, 0.29) is 12.1 Å². The molecule has 1 aliphatic heterocycles. The molecule has 190 valence electrons. The molecular weight excluding hydrogens is 454 g/mol. The molecule has 0 bridgehead atoms. The lowest BCUT2D eigenvalue weighted by atomic mass is 9.85. The van der Waals surface area contributed by atoms with E-state index in [1.807, 2.05) is 46.5 Å². The molecule has 0 spiro atoms. The van der Waals surface area contributed by atoms with Crippen LogP contribution in [-0.4, -0.2) is 67.3 Å². The Morgan fingerprint density at radius 2 is 2.03 bits per heavy atom. The summed E-state index contributed by atoms with van der Waals surface area (Å²) in [6.45, 7) is 7.31. The highest BCUT2D eigenvalue weighted by molar-refractivity contribution is 5.81. The highest BCUT2D eigenvalue weighted by Gasteiger charge is 2.26. The Kier molecular flexibility index (Phi) is 6.93. The number of aromatic nitrogens is 5. The van der Waals surface area contributed by atoms with Crippen LogP contribution in [-0.2, 0) is 11.3 Å². The summed E-state index contributed by atoms with van der Waals surface area (Å²) in [6.07, 6.45) is 15.4. The van der Waals surface area contributed by atoms with E-state index in [0.29, 0.717) is 25.0 Å². The van der Waals surface area contributed by atoms with Crippen molar-refractivity contribution in [3.05, 3.63) is 66.6 Å². The molecule has 2 aliphatic rings. The van der Waals surface area contributed by atoms with Crippen molar-refractivity contribution >= 4 is 11.5 Å². The monoisotopic (exact) mass is 489 g/mol. The summed E-state index contributed by atoms with van der Waals surface area (Å²) in [5.74, 6) is 0.911. The van der Waals surface area contributed by atoms with Gasteiger partial charge in [-0.2, -0.15) is 5.10 Å². The lowest BCUT2D eigenvalue weighted by molar-refractivity contribution is 0.121. The molecule has 0 aromatic carbocycles. The van der Waals surface area contributed by atoms with Crippen molar-refractivity contribution in [3.63, 3.8) is 0 Å². The molecule has 0 unspecified atom stereocenters. The molecule has 0 radical (unpaired) electrons. The number of rotatable bonds is 8. The number of ether oxygens (including phenoxy) is 1. The fraction of sp³-hybridized carbons (Fsp3) is 0.444. The number of aliphatic hydroxyl groups is 1. The summed E-state index contributed by atoms with van der Waals surface area (Å²) in [5.41, 5.74) is 6.33. The predicted octanol–water partition coefficient (Wildman–Crippen LogP) is 3.96. The highest BCUT2D eigenvalue weighted by Crippen LogP contribution is 2.37. The molecule has 1 fully saturated rings. The molecular formula is C27H35N7O2. The third-order valence-corrected chi connectivity index (χ3v) is 7.04. The zero-order valence-corrected chi connectivity index (χ0v) is 21.3. The third-order valence-electron chi connectivity index (χ3n) is 7.04.